The van der Waals surface area contributed by atoms with Crippen LogP contribution in [0.3, 0.4) is 0 Å². The van der Waals surface area contributed by atoms with Gasteiger partial charge in [-0.3, -0.25) is 0 Å². The molecule has 2 aromatic rings. The number of alkyl halides is 3. The Bertz CT molecular complexity index is 828. The largest absolute Gasteiger partial charge is 0.573 e. The maximum absolute atomic E-state index is 12.4. The highest BCUT2D eigenvalue weighted by molar-refractivity contribution is 5.84. The summed E-state index contributed by atoms with van der Waals surface area (Å²) in [6.45, 7) is 2.28. The third kappa shape index (κ3) is 5.07. The zero-order chi connectivity index (χ0) is 20.4. The average molecular weight is 405 g/mol. The quantitative estimate of drug-likeness (QED) is 0.488. The third-order valence-corrected chi connectivity index (χ3v) is 7.23. The van der Waals surface area contributed by atoms with E-state index in [-0.39, 0.29) is 5.75 Å². The summed E-state index contributed by atoms with van der Waals surface area (Å²) in [5.74, 6) is 3.13. The number of halogens is 3. The first-order chi connectivity index (χ1) is 13.9. The van der Waals surface area contributed by atoms with Crippen molar-refractivity contribution in [3.05, 3.63) is 42.0 Å². The predicted octanol–water partition coefficient (Wildman–Crippen LogP) is 8.23. The Kier molecular flexibility index (Phi) is 6.08. The molecule has 0 bridgehead atoms. The average Bonchev–Trinajstić information content (AvgIpc) is 2.70. The monoisotopic (exact) mass is 404 g/mol. The lowest BCUT2D eigenvalue weighted by molar-refractivity contribution is -0.274. The molecule has 4 atom stereocenters. The molecule has 0 aromatic heterocycles. The summed E-state index contributed by atoms with van der Waals surface area (Å²) < 4.78 is 41.4. The number of rotatable bonds is 5. The van der Waals surface area contributed by atoms with Crippen molar-refractivity contribution in [3.63, 3.8) is 0 Å². The first-order valence-electron chi connectivity index (χ1n) is 11.2. The van der Waals surface area contributed by atoms with Gasteiger partial charge in [-0.05, 0) is 84.2 Å². The van der Waals surface area contributed by atoms with Crippen LogP contribution in [0.15, 0.2) is 36.4 Å². The normalized spacial score (nSPS) is 27.6. The molecule has 2 saturated carbocycles. The summed E-state index contributed by atoms with van der Waals surface area (Å²) in [6, 6.07) is 10.9. The molecule has 4 heteroatoms. The molecule has 0 radical (unpaired) electrons. The van der Waals surface area contributed by atoms with Gasteiger partial charge < -0.3 is 4.74 Å². The highest BCUT2D eigenvalue weighted by Crippen LogP contribution is 2.48. The summed E-state index contributed by atoms with van der Waals surface area (Å²) in [4.78, 5) is 0. The van der Waals surface area contributed by atoms with E-state index >= 15 is 0 Å². The predicted molar refractivity (Wildman–Crippen MR) is 111 cm³/mol. The zero-order valence-electron chi connectivity index (χ0n) is 17.2. The molecule has 1 nitrogen and oxygen atoms in total. The van der Waals surface area contributed by atoms with Crippen molar-refractivity contribution in [3.8, 4) is 5.75 Å². The number of unbranched alkanes of at least 4 members (excludes halogenated alkanes) is 1. The summed E-state index contributed by atoms with van der Waals surface area (Å²) in [5, 5.41) is 1.78. The lowest BCUT2D eigenvalue weighted by Crippen LogP contribution is -2.30. The van der Waals surface area contributed by atoms with Gasteiger partial charge in [-0.15, -0.1) is 13.2 Å². The summed E-state index contributed by atoms with van der Waals surface area (Å²) >= 11 is 0. The maximum Gasteiger partial charge on any atom is 0.573 e. The van der Waals surface area contributed by atoms with Gasteiger partial charge in [0, 0.05) is 0 Å². The molecule has 0 N–H and O–H groups in total. The SMILES string of the molecule is CCCCC1CCC2CC(c3ccc4cc(OC(F)(F)F)ccc4c3)CCC2C1. The van der Waals surface area contributed by atoms with Crippen LogP contribution in [0.2, 0.25) is 0 Å². The van der Waals surface area contributed by atoms with Gasteiger partial charge in [0.15, 0.2) is 0 Å². The van der Waals surface area contributed by atoms with Crippen LogP contribution in [-0.4, -0.2) is 6.36 Å². The highest BCUT2D eigenvalue weighted by Gasteiger charge is 2.36. The second kappa shape index (κ2) is 8.57. The van der Waals surface area contributed by atoms with Crippen LogP contribution in [0.5, 0.6) is 5.75 Å². The molecular weight excluding hydrogens is 373 g/mol. The first kappa shape index (κ1) is 20.6. The van der Waals surface area contributed by atoms with Crippen LogP contribution < -0.4 is 4.74 Å². The van der Waals surface area contributed by atoms with Crippen LogP contribution in [0, 0.1) is 17.8 Å². The zero-order valence-corrected chi connectivity index (χ0v) is 17.2. The molecule has 2 aliphatic carbocycles. The number of fused-ring (bicyclic) bond motifs is 2. The van der Waals surface area contributed by atoms with E-state index in [1.807, 2.05) is 6.07 Å². The van der Waals surface area contributed by atoms with Crippen molar-refractivity contribution in [2.24, 2.45) is 17.8 Å². The van der Waals surface area contributed by atoms with E-state index in [0.29, 0.717) is 5.92 Å². The van der Waals surface area contributed by atoms with E-state index in [9.17, 15) is 13.2 Å². The summed E-state index contributed by atoms with van der Waals surface area (Å²) in [7, 11) is 0. The molecule has 158 valence electrons. The molecule has 4 unspecified atom stereocenters. The van der Waals surface area contributed by atoms with Gasteiger partial charge in [-0.1, -0.05) is 56.9 Å². The van der Waals surface area contributed by atoms with Crippen molar-refractivity contribution in [1.82, 2.24) is 0 Å². The Labute approximate surface area is 171 Å². The van der Waals surface area contributed by atoms with Crippen molar-refractivity contribution in [2.75, 3.05) is 0 Å². The Morgan fingerprint density at radius 2 is 1.62 bits per heavy atom. The Morgan fingerprint density at radius 3 is 2.41 bits per heavy atom. The number of ether oxygens (including phenoxy) is 1. The fourth-order valence-corrected chi connectivity index (χ4v) is 5.74. The van der Waals surface area contributed by atoms with Crippen LogP contribution >= 0.6 is 0 Å². The fourth-order valence-electron chi connectivity index (χ4n) is 5.74. The van der Waals surface area contributed by atoms with E-state index in [1.54, 1.807) is 6.07 Å². The van der Waals surface area contributed by atoms with Gasteiger partial charge in [-0.2, -0.15) is 0 Å². The molecule has 0 spiro atoms. The first-order valence-corrected chi connectivity index (χ1v) is 11.2. The second-order valence-electron chi connectivity index (χ2n) is 9.17. The summed E-state index contributed by atoms with van der Waals surface area (Å²) in [6.07, 6.45) is 7.47. The van der Waals surface area contributed by atoms with Crippen LogP contribution in [0.25, 0.3) is 10.8 Å². The minimum Gasteiger partial charge on any atom is -0.406 e. The van der Waals surface area contributed by atoms with E-state index in [2.05, 4.69) is 23.8 Å². The number of hydrogen-bond donors (Lipinski definition) is 0. The molecule has 29 heavy (non-hydrogen) atoms. The molecule has 0 heterocycles. The molecule has 4 rings (SSSR count). The van der Waals surface area contributed by atoms with Crippen molar-refractivity contribution in [2.45, 2.75) is 77.0 Å². The molecule has 2 fully saturated rings. The van der Waals surface area contributed by atoms with E-state index in [1.165, 1.54) is 75.5 Å². The van der Waals surface area contributed by atoms with Gasteiger partial charge in [0.05, 0.1) is 0 Å². The maximum atomic E-state index is 12.4. The van der Waals surface area contributed by atoms with E-state index in [0.717, 1.165) is 28.5 Å². The molecular formula is C25H31F3O. The number of benzene rings is 2. The highest BCUT2D eigenvalue weighted by atomic mass is 19.4. The molecule has 2 aliphatic rings. The minimum absolute atomic E-state index is 0.155. The van der Waals surface area contributed by atoms with Crippen molar-refractivity contribution >= 4 is 10.8 Å². The van der Waals surface area contributed by atoms with Gasteiger partial charge >= 0.3 is 6.36 Å². The second-order valence-corrected chi connectivity index (χ2v) is 9.17. The van der Waals surface area contributed by atoms with Crippen molar-refractivity contribution in [1.29, 1.82) is 0 Å². The Hall–Kier alpha value is -1.71. The Morgan fingerprint density at radius 1 is 0.897 bits per heavy atom. The van der Waals surface area contributed by atoms with Crippen LogP contribution in [0.4, 0.5) is 13.2 Å². The van der Waals surface area contributed by atoms with Gasteiger partial charge in [0.1, 0.15) is 5.75 Å². The molecule has 0 saturated heterocycles. The standard InChI is InChI=1S/C25H31F3O/c1-2-3-4-17-5-6-19-14-20(8-7-18(19)13-17)21-9-10-23-16-24(29-25(26,27)28)12-11-22(23)15-21/h9-12,15-20H,2-8,13-14H2,1H3. The lowest BCUT2D eigenvalue weighted by atomic mass is 9.63. The third-order valence-electron chi connectivity index (χ3n) is 7.23. The summed E-state index contributed by atoms with van der Waals surface area (Å²) in [5.41, 5.74) is 1.34. The van der Waals surface area contributed by atoms with Crippen LogP contribution in [0.1, 0.15) is 76.2 Å². The van der Waals surface area contributed by atoms with E-state index < -0.39 is 6.36 Å². The smallest absolute Gasteiger partial charge is 0.406 e. The van der Waals surface area contributed by atoms with Crippen molar-refractivity contribution < 1.29 is 17.9 Å². The number of hydrogen-bond acceptors (Lipinski definition) is 1. The van der Waals surface area contributed by atoms with E-state index in [4.69, 9.17) is 0 Å². The fraction of sp³-hybridized carbons (Fsp3) is 0.600. The van der Waals surface area contributed by atoms with Gasteiger partial charge in [0.2, 0.25) is 0 Å². The molecule has 0 aliphatic heterocycles. The van der Waals surface area contributed by atoms with Gasteiger partial charge in [-0.25, -0.2) is 0 Å². The van der Waals surface area contributed by atoms with Gasteiger partial charge in [0.25, 0.3) is 0 Å². The Balaban J connectivity index is 1.42. The topological polar surface area (TPSA) is 9.23 Å². The van der Waals surface area contributed by atoms with Crippen LogP contribution in [-0.2, 0) is 0 Å². The minimum atomic E-state index is -4.65. The lowest BCUT2D eigenvalue weighted by Gasteiger charge is -2.42. The molecule has 2 aromatic carbocycles. The molecule has 0 amide bonds.